The summed E-state index contributed by atoms with van der Waals surface area (Å²) in [7, 11) is -5.57. The van der Waals surface area contributed by atoms with Gasteiger partial charge in [0.05, 0.1) is 5.41 Å². The van der Waals surface area contributed by atoms with E-state index in [1.54, 1.807) is 0 Å². The van der Waals surface area contributed by atoms with Gasteiger partial charge in [0.2, 0.25) is 0 Å². The molecule has 0 saturated heterocycles. The number of benzene rings is 6. The van der Waals surface area contributed by atoms with E-state index in [0.29, 0.717) is 17.9 Å². The molecule has 8 heteroatoms. The molecule has 6 aromatic rings. The number of hydrogen-bond donors (Lipinski definition) is 4. The van der Waals surface area contributed by atoms with Crippen LogP contribution in [0.25, 0.3) is 0 Å². The van der Waals surface area contributed by atoms with Crippen molar-refractivity contribution in [1.29, 1.82) is 0 Å². The number of rotatable bonds is 12. The van der Waals surface area contributed by atoms with Crippen molar-refractivity contribution in [3.05, 3.63) is 197 Å². The fourth-order valence-corrected chi connectivity index (χ4v) is 15.2. The normalized spacial score (nSPS) is 14.3. The van der Waals surface area contributed by atoms with Gasteiger partial charge in [-0.2, -0.15) is 0 Å². The van der Waals surface area contributed by atoms with Gasteiger partial charge in [0.25, 0.3) is 0 Å². The van der Waals surface area contributed by atoms with Gasteiger partial charge < -0.3 is 28.6 Å². The van der Waals surface area contributed by atoms with Crippen LogP contribution in [-0.4, -0.2) is 19.6 Å². The summed E-state index contributed by atoms with van der Waals surface area (Å²) < 4.78 is 12.0. The van der Waals surface area contributed by atoms with Crippen LogP contribution in [0, 0.1) is 0 Å². The fraction of sp³-hybridized carbons (Fsp3) is 0.586. The highest BCUT2D eigenvalue weighted by atomic mass is 31.2. The molecule has 6 aromatic carbocycles. The summed E-state index contributed by atoms with van der Waals surface area (Å²) in [6.07, 6.45) is 0.438. The zero-order chi connectivity index (χ0) is 73.1. The van der Waals surface area contributed by atoms with Crippen LogP contribution in [0.2, 0.25) is 0 Å². The van der Waals surface area contributed by atoms with Crippen molar-refractivity contribution in [3.63, 3.8) is 0 Å². The van der Waals surface area contributed by atoms with E-state index >= 15 is 0 Å². The Hall–Kier alpha value is -4.38. The molecule has 95 heavy (non-hydrogen) atoms. The lowest BCUT2D eigenvalue weighted by Crippen LogP contribution is -2.58. The molecule has 0 heterocycles. The van der Waals surface area contributed by atoms with Crippen molar-refractivity contribution in [3.8, 4) is 11.5 Å². The van der Waals surface area contributed by atoms with Crippen molar-refractivity contribution in [2.75, 3.05) is 0 Å². The molecule has 0 aliphatic heterocycles. The summed E-state index contributed by atoms with van der Waals surface area (Å²) in [5.74, 6) is 0.682. The summed E-state index contributed by atoms with van der Waals surface area (Å²) in [4.78, 5) is 43.2. The minimum absolute atomic E-state index is 0.212. The van der Waals surface area contributed by atoms with Gasteiger partial charge in [0, 0.05) is 5.41 Å². The second kappa shape index (κ2) is 26.0. The van der Waals surface area contributed by atoms with Crippen molar-refractivity contribution >= 4 is 17.2 Å². The summed E-state index contributed by atoms with van der Waals surface area (Å²) in [6.45, 7) is 86.6. The van der Waals surface area contributed by atoms with Gasteiger partial charge >= 0.3 is 17.2 Å². The van der Waals surface area contributed by atoms with E-state index in [9.17, 15) is 19.6 Å². The molecular formula is C87H130O6P2. The Balaban J connectivity index is 2.55. The first-order valence-electron chi connectivity index (χ1n) is 35.0. The lowest BCUT2D eigenvalue weighted by molar-refractivity contribution is 0.314. The molecule has 6 rings (SSSR count). The van der Waals surface area contributed by atoms with Crippen LogP contribution in [0.4, 0.5) is 0 Å². The number of hydrogen-bond acceptors (Lipinski definition) is 6. The lowest BCUT2D eigenvalue weighted by atomic mass is 9.41. The van der Waals surface area contributed by atoms with Crippen molar-refractivity contribution in [2.24, 2.45) is 0 Å². The molecule has 0 fully saturated rings. The predicted octanol–water partition coefficient (Wildman–Crippen LogP) is 24.0. The predicted molar refractivity (Wildman–Crippen MR) is 411 cm³/mol. The Morgan fingerprint density at radius 2 is 0.421 bits per heavy atom. The van der Waals surface area contributed by atoms with E-state index in [0.717, 1.165) is 11.1 Å². The van der Waals surface area contributed by atoms with E-state index in [1.165, 1.54) is 89.0 Å². The Morgan fingerprint density at radius 1 is 0.242 bits per heavy atom. The van der Waals surface area contributed by atoms with Gasteiger partial charge in [-0.05, 0) is 196 Å². The van der Waals surface area contributed by atoms with Crippen LogP contribution < -0.4 is 9.05 Å². The molecule has 0 atom stereocenters. The standard InChI is InChI=1S/C87H130O6P2/c1-74(2,3)56-45-63(78(13,14)15)62(64(46-56)79(16,17)18)53-86(54-37-41-60(42-38-54)92-94(88)89,55-39-43-61(44-40-55)93-95(90)91)87(71-65(80(19,20)21)47-57(75(4,5)6)48-66(71)81(22,23)24,72-67(82(25,26)27)49-58(76(7,8)9)50-68(72)83(28,29)30)73-69(84(31,32)33)51-59(77(10,11)12)52-70(73)85(34,35)36/h37-52,88-91H,53H2,1-36H3. The smallest absolute Gasteiger partial charge is 0.391 e. The molecular weight excluding hydrogens is 1200 g/mol. The second-order valence-electron chi connectivity index (χ2n) is 40.5. The van der Waals surface area contributed by atoms with E-state index in [-0.39, 0.29) is 21.7 Å². The molecule has 0 bridgehead atoms. The SMILES string of the molecule is CC(C)(C)c1cc(C(C)(C)C)c(CC(c2ccc(OP(O)O)cc2)(c2ccc(OP(O)O)cc2)C(c2c(C(C)(C)C)cc(C(C)(C)C)cc2C(C)(C)C)(c2c(C(C)(C)C)cc(C(C)(C)C)cc2C(C)(C)C)c2c(C(C)(C)C)cc(C(C)(C)C)cc2C(C)(C)C)c(C(C)(C)C)c1. The van der Waals surface area contributed by atoms with Gasteiger partial charge in [0.1, 0.15) is 11.5 Å². The van der Waals surface area contributed by atoms with Gasteiger partial charge in [-0.1, -0.05) is 322 Å². The molecule has 0 amide bonds. The first kappa shape index (κ1) is 79.6. The summed E-state index contributed by atoms with van der Waals surface area (Å²) >= 11 is 0. The maximum atomic E-state index is 10.8. The van der Waals surface area contributed by atoms with Crippen molar-refractivity contribution in [2.45, 2.75) is 331 Å². The molecule has 0 radical (unpaired) electrons. The van der Waals surface area contributed by atoms with E-state index in [2.05, 4.69) is 322 Å². The van der Waals surface area contributed by atoms with Crippen LogP contribution in [0.5, 0.6) is 11.5 Å². The monoisotopic (exact) mass is 1330 g/mol. The summed E-state index contributed by atoms with van der Waals surface area (Å²) in [5, 5.41) is 0. The van der Waals surface area contributed by atoms with Crippen LogP contribution >= 0.6 is 17.2 Å². The minimum atomic E-state index is -2.78. The largest absolute Gasteiger partial charge is 0.427 e. The van der Waals surface area contributed by atoms with Crippen LogP contribution in [0.3, 0.4) is 0 Å². The van der Waals surface area contributed by atoms with Gasteiger partial charge in [0.15, 0.2) is 0 Å². The topological polar surface area (TPSA) is 99.4 Å². The Morgan fingerprint density at radius 3 is 0.579 bits per heavy atom. The highest BCUT2D eigenvalue weighted by molar-refractivity contribution is 7.40. The zero-order valence-electron chi connectivity index (χ0n) is 66.4. The first-order valence-corrected chi connectivity index (χ1v) is 37.4. The van der Waals surface area contributed by atoms with Crippen molar-refractivity contribution in [1.82, 2.24) is 0 Å². The van der Waals surface area contributed by atoms with Crippen molar-refractivity contribution < 1.29 is 28.6 Å². The van der Waals surface area contributed by atoms with Crippen LogP contribution in [0.15, 0.2) is 97.1 Å². The Kier molecular flexibility index (Phi) is 21.8. The maximum Gasteiger partial charge on any atom is 0.391 e. The zero-order valence-corrected chi connectivity index (χ0v) is 68.2. The van der Waals surface area contributed by atoms with Crippen LogP contribution in [0.1, 0.15) is 349 Å². The highest BCUT2D eigenvalue weighted by Gasteiger charge is 2.64. The quantitative estimate of drug-likeness (QED) is 0.0720. The second-order valence-corrected chi connectivity index (χ2v) is 41.8. The summed E-state index contributed by atoms with van der Waals surface area (Å²) in [5.41, 5.74) is 14.5. The molecule has 0 aliphatic rings. The van der Waals surface area contributed by atoms with E-state index in [1.807, 2.05) is 24.3 Å². The molecule has 524 valence electrons. The molecule has 0 saturated carbocycles. The fourth-order valence-electron chi connectivity index (χ4n) is 14.6. The van der Waals surface area contributed by atoms with Gasteiger partial charge in [-0.3, -0.25) is 0 Å². The lowest BCUT2D eigenvalue weighted by Gasteiger charge is -2.60. The molecule has 0 unspecified atom stereocenters. The van der Waals surface area contributed by atoms with Gasteiger partial charge in [-0.15, -0.1) is 0 Å². The molecule has 4 N–H and O–H groups in total. The summed E-state index contributed by atoms with van der Waals surface area (Å²) in [6, 6.07) is 37.6. The first-order chi connectivity index (χ1) is 42.3. The molecule has 6 nitrogen and oxygen atoms in total. The van der Waals surface area contributed by atoms with Crippen LogP contribution in [-0.2, 0) is 82.2 Å². The Bertz CT molecular complexity index is 3300. The van der Waals surface area contributed by atoms with Gasteiger partial charge in [-0.25, -0.2) is 0 Å². The minimum Gasteiger partial charge on any atom is -0.427 e. The third kappa shape index (κ3) is 16.6. The van der Waals surface area contributed by atoms with E-state index in [4.69, 9.17) is 9.05 Å². The average molecular weight is 1330 g/mol. The third-order valence-corrected chi connectivity index (χ3v) is 20.6. The average Bonchev–Trinajstić information content (AvgIpc) is 0.656. The molecule has 0 spiro atoms. The molecule has 0 aromatic heterocycles. The third-order valence-electron chi connectivity index (χ3n) is 19.9. The highest BCUT2D eigenvalue weighted by Crippen LogP contribution is 2.68. The van der Waals surface area contributed by atoms with E-state index < -0.39 is 71.4 Å². The Labute approximate surface area is 582 Å². The maximum absolute atomic E-state index is 10.8. The molecule has 0 aliphatic carbocycles.